The second-order valence-corrected chi connectivity index (χ2v) is 4.66. The summed E-state index contributed by atoms with van der Waals surface area (Å²) in [5.41, 5.74) is 2.46. The lowest BCUT2D eigenvalue weighted by Crippen LogP contribution is -2.27. The van der Waals surface area contributed by atoms with Crippen molar-refractivity contribution < 1.29 is 9.53 Å². The monoisotopic (exact) mass is 280 g/mol. The van der Waals surface area contributed by atoms with Crippen LogP contribution in [0.15, 0.2) is 54.6 Å². The number of benzene rings is 2. The topological polar surface area (TPSA) is 62.1 Å². The Hall–Kier alpha value is -2.80. The average molecular weight is 280 g/mol. The van der Waals surface area contributed by atoms with Crippen LogP contribution in [0.25, 0.3) is 0 Å². The molecule has 0 spiro atoms. The van der Waals surface area contributed by atoms with Crippen molar-refractivity contribution in [2.45, 2.75) is 19.6 Å². The van der Waals surface area contributed by atoms with Gasteiger partial charge in [0, 0.05) is 0 Å². The highest BCUT2D eigenvalue weighted by Crippen LogP contribution is 2.13. The second kappa shape index (κ2) is 7.11. The molecule has 1 unspecified atom stereocenters. The normalized spacial score (nSPS) is 11.2. The molecule has 1 N–H and O–H groups in total. The van der Waals surface area contributed by atoms with Gasteiger partial charge in [0.15, 0.2) is 0 Å². The van der Waals surface area contributed by atoms with E-state index in [1.54, 1.807) is 12.1 Å². The number of alkyl carbamates (subject to hydrolysis) is 1. The van der Waals surface area contributed by atoms with E-state index in [2.05, 4.69) is 11.4 Å². The van der Waals surface area contributed by atoms with E-state index in [9.17, 15) is 4.79 Å². The SMILES string of the molecule is CC(NC(=O)OCc1ccccc1)c1ccc(C#N)cc1. The minimum atomic E-state index is -0.462. The molecule has 0 radical (unpaired) electrons. The fourth-order valence-corrected chi connectivity index (χ4v) is 1.87. The van der Waals surface area contributed by atoms with Crippen LogP contribution in [-0.2, 0) is 11.3 Å². The van der Waals surface area contributed by atoms with Gasteiger partial charge in [-0.1, -0.05) is 42.5 Å². The minimum Gasteiger partial charge on any atom is -0.445 e. The van der Waals surface area contributed by atoms with E-state index >= 15 is 0 Å². The average Bonchev–Trinajstić information content (AvgIpc) is 2.54. The summed E-state index contributed by atoms with van der Waals surface area (Å²) in [6.07, 6.45) is -0.462. The molecule has 2 aromatic rings. The Balaban J connectivity index is 1.85. The Bertz CT molecular complexity index is 630. The molecule has 106 valence electrons. The van der Waals surface area contributed by atoms with Gasteiger partial charge in [-0.3, -0.25) is 0 Å². The summed E-state index contributed by atoms with van der Waals surface area (Å²) in [4.78, 5) is 11.7. The van der Waals surface area contributed by atoms with Gasteiger partial charge in [0.2, 0.25) is 0 Å². The first-order chi connectivity index (χ1) is 10.2. The number of ether oxygens (including phenoxy) is 1. The molecule has 0 bridgehead atoms. The summed E-state index contributed by atoms with van der Waals surface area (Å²) >= 11 is 0. The predicted molar refractivity (Wildman–Crippen MR) is 79.3 cm³/mol. The first-order valence-electron chi connectivity index (χ1n) is 6.66. The van der Waals surface area contributed by atoms with Gasteiger partial charge in [-0.2, -0.15) is 5.26 Å². The first-order valence-corrected chi connectivity index (χ1v) is 6.66. The van der Waals surface area contributed by atoms with Crippen LogP contribution >= 0.6 is 0 Å². The summed E-state index contributed by atoms with van der Waals surface area (Å²) in [7, 11) is 0. The lowest BCUT2D eigenvalue weighted by Gasteiger charge is -2.14. The number of hydrogen-bond acceptors (Lipinski definition) is 3. The molecule has 0 aliphatic rings. The van der Waals surface area contributed by atoms with Crippen LogP contribution in [0.1, 0.15) is 29.7 Å². The van der Waals surface area contributed by atoms with Crippen LogP contribution in [0.5, 0.6) is 0 Å². The van der Waals surface area contributed by atoms with Crippen LogP contribution in [0.3, 0.4) is 0 Å². The Morgan fingerprint density at radius 3 is 2.48 bits per heavy atom. The number of nitriles is 1. The van der Waals surface area contributed by atoms with Gasteiger partial charge >= 0.3 is 6.09 Å². The standard InChI is InChI=1S/C17H16N2O2/c1-13(16-9-7-14(11-18)8-10-16)19-17(20)21-12-15-5-3-2-4-6-15/h2-10,13H,12H2,1H3,(H,19,20). The molecule has 4 nitrogen and oxygen atoms in total. The second-order valence-electron chi connectivity index (χ2n) is 4.66. The third-order valence-electron chi connectivity index (χ3n) is 3.09. The van der Waals surface area contributed by atoms with Crippen LogP contribution in [0.4, 0.5) is 4.79 Å². The number of rotatable bonds is 4. The van der Waals surface area contributed by atoms with Crippen molar-refractivity contribution in [3.05, 3.63) is 71.3 Å². The maximum atomic E-state index is 11.7. The van der Waals surface area contributed by atoms with Gasteiger partial charge in [-0.25, -0.2) is 4.79 Å². The molecule has 0 aromatic heterocycles. The number of amides is 1. The van der Waals surface area contributed by atoms with Crippen molar-refractivity contribution in [1.29, 1.82) is 5.26 Å². The van der Waals surface area contributed by atoms with E-state index in [1.807, 2.05) is 49.4 Å². The Kier molecular flexibility index (Phi) is 4.94. The molecule has 4 heteroatoms. The lowest BCUT2D eigenvalue weighted by atomic mass is 10.1. The Labute approximate surface area is 124 Å². The molecule has 0 aliphatic heterocycles. The Morgan fingerprint density at radius 1 is 1.19 bits per heavy atom. The molecule has 0 saturated carbocycles. The largest absolute Gasteiger partial charge is 0.445 e. The van der Waals surface area contributed by atoms with Gasteiger partial charge in [-0.15, -0.1) is 0 Å². The number of hydrogen-bond donors (Lipinski definition) is 1. The van der Waals surface area contributed by atoms with E-state index in [1.165, 1.54) is 0 Å². The summed E-state index contributed by atoms with van der Waals surface area (Å²) in [5, 5.41) is 11.5. The highest BCUT2D eigenvalue weighted by Gasteiger charge is 2.10. The van der Waals surface area contributed by atoms with Gasteiger partial charge in [0.05, 0.1) is 17.7 Å². The maximum Gasteiger partial charge on any atom is 0.407 e. The Morgan fingerprint density at radius 2 is 1.86 bits per heavy atom. The quantitative estimate of drug-likeness (QED) is 0.931. The zero-order valence-electron chi connectivity index (χ0n) is 11.7. The van der Waals surface area contributed by atoms with E-state index in [4.69, 9.17) is 10.00 Å². The number of carbonyl (C=O) groups excluding carboxylic acids is 1. The summed E-state index contributed by atoms with van der Waals surface area (Å²) in [6, 6.07) is 18.5. The fourth-order valence-electron chi connectivity index (χ4n) is 1.87. The lowest BCUT2D eigenvalue weighted by molar-refractivity contribution is 0.136. The highest BCUT2D eigenvalue weighted by atomic mass is 16.5. The smallest absolute Gasteiger partial charge is 0.407 e. The van der Waals surface area contributed by atoms with Gasteiger partial charge in [0.1, 0.15) is 6.61 Å². The third kappa shape index (κ3) is 4.36. The third-order valence-corrected chi connectivity index (χ3v) is 3.09. The molecule has 0 aliphatic carbocycles. The number of nitrogens with one attached hydrogen (secondary N) is 1. The maximum absolute atomic E-state index is 11.7. The molecular weight excluding hydrogens is 264 g/mol. The molecule has 21 heavy (non-hydrogen) atoms. The summed E-state index contributed by atoms with van der Waals surface area (Å²) in [6.45, 7) is 2.11. The van der Waals surface area contributed by atoms with Gasteiger partial charge in [-0.05, 0) is 30.2 Å². The van der Waals surface area contributed by atoms with Crippen molar-refractivity contribution in [3.8, 4) is 6.07 Å². The molecule has 0 heterocycles. The summed E-state index contributed by atoms with van der Waals surface area (Å²) in [5.74, 6) is 0. The zero-order valence-corrected chi connectivity index (χ0v) is 11.7. The molecule has 2 aromatic carbocycles. The highest BCUT2D eigenvalue weighted by molar-refractivity contribution is 5.67. The fraction of sp³-hybridized carbons (Fsp3) is 0.176. The van der Waals surface area contributed by atoms with Crippen LogP contribution in [-0.4, -0.2) is 6.09 Å². The molecule has 1 atom stereocenters. The van der Waals surface area contributed by atoms with E-state index in [0.717, 1.165) is 11.1 Å². The van der Waals surface area contributed by atoms with E-state index in [-0.39, 0.29) is 12.6 Å². The molecular formula is C17H16N2O2. The van der Waals surface area contributed by atoms with Crippen LogP contribution in [0.2, 0.25) is 0 Å². The van der Waals surface area contributed by atoms with Crippen molar-refractivity contribution in [2.24, 2.45) is 0 Å². The molecule has 0 fully saturated rings. The summed E-state index contributed by atoms with van der Waals surface area (Å²) < 4.78 is 5.16. The predicted octanol–water partition coefficient (Wildman–Crippen LogP) is 3.55. The van der Waals surface area contributed by atoms with Crippen molar-refractivity contribution >= 4 is 6.09 Å². The van der Waals surface area contributed by atoms with Crippen molar-refractivity contribution in [2.75, 3.05) is 0 Å². The van der Waals surface area contributed by atoms with Gasteiger partial charge < -0.3 is 10.1 Å². The number of carbonyl (C=O) groups is 1. The van der Waals surface area contributed by atoms with E-state index in [0.29, 0.717) is 5.56 Å². The first kappa shape index (κ1) is 14.6. The minimum absolute atomic E-state index is 0.180. The van der Waals surface area contributed by atoms with Crippen LogP contribution in [0, 0.1) is 11.3 Å². The molecule has 2 rings (SSSR count). The molecule has 0 saturated heterocycles. The van der Waals surface area contributed by atoms with Crippen molar-refractivity contribution in [3.63, 3.8) is 0 Å². The van der Waals surface area contributed by atoms with Crippen molar-refractivity contribution in [1.82, 2.24) is 5.32 Å². The number of nitrogens with zero attached hydrogens (tertiary/aromatic N) is 1. The van der Waals surface area contributed by atoms with Gasteiger partial charge in [0.25, 0.3) is 0 Å². The van der Waals surface area contributed by atoms with E-state index < -0.39 is 6.09 Å². The van der Waals surface area contributed by atoms with Crippen LogP contribution < -0.4 is 5.32 Å². The zero-order chi connectivity index (χ0) is 15.1. The molecule has 1 amide bonds.